The summed E-state index contributed by atoms with van der Waals surface area (Å²) < 4.78 is 0. The number of nitrogens with one attached hydrogen (secondary N) is 1. The van der Waals surface area contributed by atoms with Crippen molar-refractivity contribution in [1.29, 1.82) is 5.26 Å². The van der Waals surface area contributed by atoms with E-state index in [0.717, 1.165) is 30.0 Å². The fraction of sp³-hybridized carbons (Fsp3) is 0.222. The second-order valence-electron chi connectivity index (χ2n) is 5.98. The number of carbonyl (C=O) groups is 1. The largest absolute Gasteiger partial charge is 0.313 e. The number of rotatable bonds is 4. The fourth-order valence-electron chi connectivity index (χ4n) is 2.81. The highest BCUT2D eigenvalue weighted by Crippen LogP contribution is 2.36. The predicted molar refractivity (Wildman–Crippen MR) is 99.8 cm³/mol. The summed E-state index contributed by atoms with van der Waals surface area (Å²) in [6, 6.07) is 8.22. The summed E-state index contributed by atoms with van der Waals surface area (Å²) in [6.07, 6.45) is 3.62. The van der Waals surface area contributed by atoms with E-state index >= 15 is 0 Å². The van der Waals surface area contributed by atoms with Crippen molar-refractivity contribution in [1.82, 2.24) is 4.90 Å². The van der Waals surface area contributed by atoms with Crippen LogP contribution in [0.25, 0.3) is 6.08 Å². The van der Waals surface area contributed by atoms with Gasteiger partial charge in [-0.05, 0) is 30.7 Å². The molecule has 0 aliphatic carbocycles. The molecule has 1 aliphatic rings. The quantitative estimate of drug-likeness (QED) is 0.508. The molecular formula is C18H16N4O3S. The summed E-state index contributed by atoms with van der Waals surface area (Å²) in [5.74, 6) is -0.375. The molecule has 0 radical (unpaired) electrons. The van der Waals surface area contributed by atoms with Crippen LogP contribution in [0.3, 0.4) is 0 Å². The number of carbonyl (C=O) groups excluding carboxylic acids is 1. The SMILES string of the molecule is CN1CCc2c(sc(NC(=O)C=Cc3cccc([N+](=O)[O-])c3)c2C#N)C1. The smallest absolute Gasteiger partial charge is 0.270 e. The van der Waals surface area contributed by atoms with E-state index in [1.165, 1.54) is 35.6 Å². The summed E-state index contributed by atoms with van der Waals surface area (Å²) in [6.45, 7) is 1.66. The molecule has 0 saturated carbocycles. The van der Waals surface area contributed by atoms with Crippen LogP contribution in [0.15, 0.2) is 30.3 Å². The Bertz CT molecular complexity index is 942. The van der Waals surface area contributed by atoms with Crippen molar-refractivity contribution >= 4 is 34.0 Å². The Hall–Kier alpha value is -3.02. The fourth-order valence-corrected chi connectivity index (χ4v) is 4.09. The number of nitrogens with zero attached hydrogens (tertiary/aromatic N) is 3. The molecule has 3 rings (SSSR count). The standard InChI is InChI=1S/C18H16N4O3S/c1-21-8-7-14-15(10-19)18(26-16(14)11-21)20-17(23)6-5-12-3-2-4-13(9-12)22(24)25/h2-6,9H,7-8,11H2,1H3,(H,20,23). The Balaban J connectivity index is 1.76. The zero-order valence-electron chi connectivity index (χ0n) is 14.1. The Kier molecular flexibility index (Phi) is 5.11. The number of amides is 1. The highest BCUT2D eigenvalue weighted by Gasteiger charge is 2.23. The number of fused-ring (bicyclic) bond motifs is 1. The Morgan fingerprint density at radius 3 is 3.04 bits per heavy atom. The van der Waals surface area contributed by atoms with Crippen LogP contribution < -0.4 is 5.32 Å². The lowest BCUT2D eigenvalue weighted by Gasteiger charge is -2.21. The van der Waals surface area contributed by atoms with Gasteiger partial charge in [-0.1, -0.05) is 12.1 Å². The minimum atomic E-state index is -0.482. The first-order valence-corrected chi connectivity index (χ1v) is 8.76. The highest BCUT2D eigenvalue weighted by atomic mass is 32.1. The van der Waals surface area contributed by atoms with Gasteiger partial charge in [0.25, 0.3) is 5.69 Å². The van der Waals surface area contributed by atoms with Gasteiger partial charge in [-0.2, -0.15) is 5.26 Å². The van der Waals surface area contributed by atoms with Crippen molar-refractivity contribution < 1.29 is 9.72 Å². The maximum absolute atomic E-state index is 12.2. The minimum Gasteiger partial charge on any atom is -0.313 e. The second kappa shape index (κ2) is 7.47. The van der Waals surface area contributed by atoms with E-state index in [4.69, 9.17) is 0 Å². The van der Waals surface area contributed by atoms with E-state index in [1.54, 1.807) is 12.1 Å². The molecule has 26 heavy (non-hydrogen) atoms. The summed E-state index contributed by atoms with van der Waals surface area (Å²) >= 11 is 1.43. The van der Waals surface area contributed by atoms with E-state index in [2.05, 4.69) is 16.3 Å². The van der Waals surface area contributed by atoms with Crippen LogP contribution in [0.4, 0.5) is 10.7 Å². The number of benzene rings is 1. The average Bonchev–Trinajstić information content (AvgIpc) is 2.96. The van der Waals surface area contributed by atoms with Crippen LogP contribution in [0.2, 0.25) is 0 Å². The third kappa shape index (κ3) is 3.79. The van der Waals surface area contributed by atoms with Crippen molar-refractivity contribution in [3.63, 3.8) is 0 Å². The number of nitriles is 1. The van der Waals surface area contributed by atoms with E-state index < -0.39 is 4.92 Å². The van der Waals surface area contributed by atoms with E-state index in [1.807, 2.05) is 7.05 Å². The summed E-state index contributed by atoms with van der Waals surface area (Å²) in [5.41, 5.74) is 2.08. The number of likely N-dealkylation sites (N-methyl/N-ethyl adjacent to an activating group) is 1. The molecule has 0 atom stereocenters. The minimum absolute atomic E-state index is 0.0330. The Labute approximate surface area is 154 Å². The number of nitro benzene ring substituents is 1. The van der Waals surface area contributed by atoms with Gasteiger partial charge in [0, 0.05) is 36.2 Å². The number of non-ortho nitro benzene ring substituents is 1. The Morgan fingerprint density at radius 1 is 1.50 bits per heavy atom. The number of thiophene rings is 1. The molecule has 0 unspecified atom stereocenters. The summed E-state index contributed by atoms with van der Waals surface area (Å²) in [5, 5.41) is 23.6. The molecule has 1 amide bonds. The normalized spacial score (nSPS) is 14.0. The van der Waals surface area contributed by atoms with Gasteiger partial charge in [0.15, 0.2) is 0 Å². The molecule has 1 aliphatic heterocycles. The second-order valence-corrected chi connectivity index (χ2v) is 7.09. The molecule has 0 bridgehead atoms. The molecule has 1 N–H and O–H groups in total. The lowest BCUT2D eigenvalue weighted by molar-refractivity contribution is -0.384. The van der Waals surface area contributed by atoms with Crippen molar-refractivity contribution in [2.45, 2.75) is 13.0 Å². The predicted octanol–water partition coefficient (Wildman–Crippen LogP) is 3.17. The van der Waals surface area contributed by atoms with Gasteiger partial charge in [-0.15, -0.1) is 11.3 Å². The van der Waals surface area contributed by atoms with Crippen molar-refractivity contribution in [3.8, 4) is 6.07 Å². The third-order valence-corrected chi connectivity index (χ3v) is 5.24. The number of nitro groups is 1. The van der Waals surface area contributed by atoms with Crippen LogP contribution in [-0.2, 0) is 17.8 Å². The monoisotopic (exact) mass is 368 g/mol. The first kappa shape index (κ1) is 17.8. The van der Waals surface area contributed by atoms with Crippen LogP contribution >= 0.6 is 11.3 Å². The summed E-state index contributed by atoms with van der Waals surface area (Å²) in [7, 11) is 2.02. The van der Waals surface area contributed by atoms with Crippen molar-refractivity contribution in [3.05, 3.63) is 62.0 Å². The number of hydrogen-bond acceptors (Lipinski definition) is 6. The van der Waals surface area contributed by atoms with Gasteiger partial charge in [0.1, 0.15) is 11.1 Å². The van der Waals surface area contributed by atoms with Crippen LogP contribution in [0.5, 0.6) is 0 Å². The lowest BCUT2D eigenvalue weighted by Crippen LogP contribution is -2.25. The van der Waals surface area contributed by atoms with E-state index in [-0.39, 0.29) is 11.6 Å². The first-order valence-electron chi connectivity index (χ1n) is 7.94. The van der Waals surface area contributed by atoms with Crippen LogP contribution in [0, 0.1) is 21.4 Å². The van der Waals surface area contributed by atoms with E-state index in [9.17, 15) is 20.2 Å². The molecular weight excluding hydrogens is 352 g/mol. The molecule has 0 fully saturated rings. The molecule has 7 nitrogen and oxygen atoms in total. The molecule has 8 heteroatoms. The number of hydrogen-bond donors (Lipinski definition) is 1. The van der Waals surface area contributed by atoms with Gasteiger partial charge >= 0.3 is 0 Å². The maximum Gasteiger partial charge on any atom is 0.270 e. The first-order chi connectivity index (χ1) is 12.5. The number of anilines is 1. The maximum atomic E-state index is 12.2. The van der Waals surface area contributed by atoms with Gasteiger partial charge in [0.05, 0.1) is 10.5 Å². The molecule has 0 saturated heterocycles. The van der Waals surface area contributed by atoms with Crippen molar-refractivity contribution in [2.75, 3.05) is 18.9 Å². The Morgan fingerprint density at radius 2 is 2.31 bits per heavy atom. The van der Waals surface area contributed by atoms with E-state index in [0.29, 0.717) is 16.1 Å². The molecule has 2 aromatic rings. The van der Waals surface area contributed by atoms with Gasteiger partial charge < -0.3 is 10.2 Å². The van der Waals surface area contributed by atoms with Gasteiger partial charge in [0.2, 0.25) is 5.91 Å². The topological polar surface area (TPSA) is 99.3 Å². The van der Waals surface area contributed by atoms with Crippen LogP contribution in [-0.4, -0.2) is 29.3 Å². The average molecular weight is 368 g/mol. The van der Waals surface area contributed by atoms with Gasteiger partial charge in [-0.25, -0.2) is 0 Å². The van der Waals surface area contributed by atoms with Crippen molar-refractivity contribution in [2.24, 2.45) is 0 Å². The zero-order chi connectivity index (χ0) is 18.7. The molecule has 1 aromatic heterocycles. The molecule has 0 spiro atoms. The van der Waals surface area contributed by atoms with Crippen LogP contribution in [0.1, 0.15) is 21.6 Å². The molecule has 132 valence electrons. The highest BCUT2D eigenvalue weighted by molar-refractivity contribution is 7.16. The molecule has 1 aromatic carbocycles. The third-order valence-electron chi connectivity index (χ3n) is 4.10. The lowest BCUT2D eigenvalue weighted by atomic mass is 10.0. The molecule has 2 heterocycles. The zero-order valence-corrected chi connectivity index (χ0v) is 14.9. The summed E-state index contributed by atoms with van der Waals surface area (Å²) in [4.78, 5) is 25.8. The van der Waals surface area contributed by atoms with Gasteiger partial charge in [-0.3, -0.25) is 14.9 Å².